The molecule has 1 amide bonds. The Kier molecular flexibility index (Phi) is 9.45. The van der Waals surface area contributed by atoms with Crippen LogP contribution in [0.5, 0.6) is 5.88 Å². The highest BCUT2D eigenvalue weighted by Crippen LogP contribution is 2.24. The first-order chi connectivity index (χ1) is 12.0. The van der Waals surface area contributed by atoms with Crippen molar-refractivity contribution in [3.63, 3.8) is 0 Å². The van der Waals surface area contributed by atoms with Crippen LogP contribution in [0.4, 0.5) is 5.69 Å². The zero-order chi connectivity index (χ0) is 18.7. The summed E-state index contributed by atoms with van der Waals surface area (Å²) in [5.41, 5.74) is 0.551. The van der Waals surface area contributed by atoms with Crippen LogP contribution in [0.25, 0.3) is 0 Å². The number of amides is 1. The molecule has 0 aliphatic carbocycles. The Morgan fingerprint density at radius 3 is 2.56 bits per heavy atom. The van der Waals surface area contributed by atoms with Gasteiger partial charge in [0.1, 0.15) is 12.2 Å². The van der Waals surface area contributed by atoms with Crippen LogP contribution in [0.2, 0.25) is 0 Å². The summed E-state index contributed by atoms with van der Waals surface area (Å²) in [6, 6.07) is 3.55. The van der Waals surface area contributed by atoms with Crippen LogP contribution in [0.15, 0.2) is 12.1 Å². The van der Waals surface area contributed by atoms with E-state index in [1.807, 2.05) is 26.8 Å². The number of carbonyl (C=O) groups is 1. The van der Waals surface area contributed by atoms with Crippen LogP contribution < -0.4 is 10.1 Å². The van der Waals surface area contributed by atoms with Crippen LogP contribution in [-0.2, 0) is 14.3 Å². The molecule has 0 aromatic carbocycles. The molecular weight excluding hydrogens is 320 g/mol. The third-order valence-electron chi connectivity index (χ3n) is 3.96. The van der Waals surface area contributed by atoms with Gasteiger partial charge in [0.05, 0.1) is 18.0 Å². The third kappa shape index (κ3) is 7.00. The Hall–Kier alpha value is -1.66. The topological polar surface area (TPSA) is 69.7 Å². The number of nitrogens with one attached hydrogen (secondary N) is 1. The molecule has 1 N–H and O–H groups in total. The molecule has 1 heterocycles. The Morgan fingerprint density at radius 1 is 1.20 bits per heavy atom. The lowest BCUT2D eigenvalue weighted by atomic mass is 9.97. The van der Waals surface area contributed by atoms with Crippen molar-refractivity contribution in [3.8, 4) is 5.88 Å². The molecule has 25 heavy (non-hydrogen) atoms. The maximum atomic E-state index is 12.8. The average molecular weight is 352 g/mol. The molecule has 0 saturated heterocycles. The van der Waals surface area contributed by atoms with Gasteiger partial charge in [0.2, 0.25) is 5.88 Å². The van der Waals surface area contributed by atoms with Crippen molar-refractivity contribution in [1.29, 1.82) is 0 Å². The standard InChI is InChI=1S/C19H32N2O4/c1-6-8-11-19(4,25-12-7-2)18(22)21-16-9-10-17(20-15(16)3)24-14-13-23-5/h9-10H,6-8,11-14H2,1-5H3,(H,21,22)/t19-/m0/s1. The molecule has 1 aromatic rings. The molecule has 0 fully saturated rings. The largest absolute Gasteiger partial charge is 0.475 e. The number of hydrogen-bond acceptors (Lipinski definition) is 5. The quantitative estimate of drug-likeness (QED) is 0.581. The van der Waals surface area contributed by atoms with Crippen molar-refractivity contribution < 1.29 is 19.0 Å². The summed E-state index contributed by atoms with van der Waals surface area (Å²) in [5.74, 6) is 0.385. The van der Waals surface area contributed by atoms with E-state index in [1.54, 1.807) is 13.2 Å². The van der Waals surface area contributed by atoms with E-state index >= 15 is 0 Å². The van der Waals surface area contributed by atoms with E-state index in [-0.39, 0.29) is 5.91 Å². The normalized spacial score (nSPS) is 13.3. The fraction of sp³-hybridized carbons (Fsp3) is 0.684. The van der Waals surface area contributed by atoms with Crippen LogP contribution in [-0.4, -0.2) is 43.4 Å². The van der Waals surface area contributed by atoms with E-state index in [0.29, 0.717) is 43.5 Å². The average Bonchev–Trinajstić information content (AvgIpc) is 2.60. The van der Waals surface area contributed by atoms with Crippen molar-refractivity contribution in [3.05, 3.63) is 17.8 Å². The predicted octanol–water partition coefficient (Wildman–Crippen LogP) is 3.73. The summed E-state index contributed by atoms with van der Waals surface area (Å²) >= 11 is 0. The van der Waals surface area contributed by atoms with Crippen molar-refractivity contribution in [1.82, 2.24) is 4.98 Å². The van der Waals surface area contributed by atoms with Gasteiger partial charge in [0.15, 0.2) is 0 Å². The lowest BCUT2D eigenvalue weighted by Crippen LogP contribution is -2.43. The predicted molar refractivity (Wildman–Crippen MR) is 99.1 cm³/mol. The maximum Gasteiger partial charge on any atom is 0.256 e. The zero-order valence-corrected chi connectivity index (χ0v) is 16.2. The van der Waals surface area contributed by atoms with Gasteiger partial charge in [-0.3, -0.25) is 4.79 Å². The first kappa shape index (κ1) is 21.4. The maximum absolute atomic E-state index is 12.8. The van der Waals surface area contributed by atoms with Crippen LogP contribution >= 0.6 is 0 Å². The lowest BCUT2D eigenvalue weighted by molar-refractivity contribution is -0.140. The second kappa shape index (κ2) is 11.1. The molecule has 0 aliphatic rings. The monoisotopic (exact) mass is 352 g/mol. The number of nitrogens with zero attached hydrogens (tertiary/aromatic N) is 1. The van der Waals surface area contributed by atoms with Gasteiger partial charge in [0, 0.05) is 19.8 Å². The van der Waals surface area contributed by atoms with E-state index in [1.165, 1.54) is 0 Å². The first-order valence-corrected chi connectivity index (χ1v) is 9.01. The summed E-state index contributed by atoms with van der Waals surface area (Å²) in [6.07, 6.45) is 3.53. The third-order valence-corrected chi connectivity index (χ3v) is 3.96. The molecule has 142 valence electrons. The number of aryl methyl sites for hydroxylation is 1. The van der Waals surface area contributed by atoms with Crippen LogP contribution in [0.3, 0.4) is 0 Å². The number of anilines is 1. The van der Waals surface area contributed by atoms with E-state index in [9.17, 15) is 4.79 Å². The van der Waals surface area contributed by atoms with Gasteiger partial charge in [-0.1, -0.05) is 26.7 Å². The smallest absolute Gasteiger partial charge is 0.256 e. The molecule has 0 radical (unpaired) electrons. The summed E-state index contributed by atoms with van der Waals surface area (Å²) in [7, 11) is 1.62. The molecule has 1 rings (SSSR count). The van der Waals surface area contributed by atoms with E-state index in [4.69, 9.17) is 14.2 Å². The number of rotatable bonds is 12. The molecule has 0 unspecified atom stereocenters. The number of ether oxygens (including phenoxy) is 3. The molecule has 0 bridgehead atoms. The fourth-order valence-corrected chi connectivity index (χ4v) is 2.33. The molecule has 1 aromatic heterocycles. The van der Waals surface area contributed by atoms with E-state index in [2.05, 4.69) is 17.2 Å². The van der Waals surface area contributed by atoms with Crippen molar-refractivity contribution in [2.75, 3.05) is 32.2 Å². The second-order valence-electron chi connectivity index (χ2n) is 6.26. The minimum Gasteiger partial charge on any atom is -0.475 e. The van der Waals surface area contributed by atoms with Gasteiger partial charge in [0.25, 0.3) is 5.91 Å². The SMILES string of the molecule is CCCC[C@](C)(OCCC)C(=O)Nc1ccc(OCCOC)nc1C. The highest BCUT2D eigenvalue weighted by Gasteiger charge is 2.33. The molecule has 6 nitrogen and oxygen atoms in total. The molecule has 1 atom stereocenters. The molecule has 0 aliphatic heterocycles. The molecule has 0 spiro atoms. The Labute approximate surface area is 151 Å². The van der Waals surface area contributed by atoms with Crippen molar-refractivity contribution in [2.24, 2.45) is 0 Å². The van der Waals surface area contributed by atoms with Crippen LogP contribution in [0, 0.1) is 6.92 Å². The summed E-state index contributed by atoms with van der Waals surface area (Å²) in [5, 5.41) is 2.96. The minimum atomic E-state index is -0.827. The zero-order valence-electron chi connectivity index (χ0n) is 16.2. The Balaban J connectivity index is 2.78. The number of unbranched alkanes of at least 4 members (excludes halogenated alkanes) is 1. The Morgan fingerprint density at radius 2 is 1.96 bits per heavy atom. The number of pyridine rings is 1. The van der Waals surface area contributed by atoms with Gasteiger partial charge >= 0.3 is 0 Å². The number of hydrogen-bond donors (Lipinski definition) is 1. The van der Waals surface area contributed by atoms with E-state index in [0.717, 1.165) is 19.3 Å². The Bertz CT molecular complexity index is 526. The van der Waals surface area contributed by atoms with Gasteiger partial charge in [-0.05, 0) is 32.8 Å². The summed E-state index contributed by atoms with van der Waals surface area (Å²) < 4.78 is 16.3. The van der Waals surface area contributed by atoms with Gasteiger partial charge < -0.3 is 19.5 Å². The number of carbonyl (C=O) groups excluding carboxylic acids is 1. The van der Waals surface area contributed by atoms with Crippen molar-refractivity contribution >= 4 is 11.6 Å². The van der Waals surface area contributed by atoms with Crippen LogP contribution in [0.1, 0.15) is 52.1 Å². The fourth-order valence-electron chi connectivity index (χ4n) is 2.33. The molecule has 6 heteroatoms. The lowest BCUT2D eigenvalue weighted by Gasteiger charge is -2.29. The van der Waals surface area contributed by atoms with Crippen molar-refractivity contribution in [2.45, 2.75) is 59.0 Å². The highest BCUT2D eigenvalue weighted by atomic mass is 16.5. The first-order valence-electron chi connectivity index (χ1n) is 9.01. The van der Waals surface area contributed by atoms with Gasteiger partial charge in [-0.25, -0.2) is 4.98 Å². The second-order valence-corrected chi connectivity index (χ2v) is 6.26. The summed E-state index contributed by atoms with van der Waals surface area (Å²) in [4.78, 5) is 17.2. The molecular formula is C19H32N2O4. The van der Waals surface area contributed by atoms with Gasteiger partial charge in [-0.2, -0.15) is 0 Å². The number of aromatic nitrogens is 1. The minimum absolute atomic E-state index is 0.132. The molecule has 0 saturated carbocycles. The summed E-state index contributed by atoms with van der Waals surface area (Å²) in [6.45, 7) is 9.35. The highest BCUT2D eigenvalue weighted by molar-refractivity contribution is 5.97. The number of methoxy groups -OCH3 is 1. The van der Waals surface area contributed by atoms with Gasteiger partial charge in [-0.15, -0.1) is 0 Å². The van der Waals surface area contributed by atoms with E-state index < -0.39 is 5.60 Å².